The third-order valence-electron chi connectivity index (χ3n) is 2.93. The van der Waals surface area contributed by atoms with Crippen LogP contribution in [-0.2, 0) is 25.5 Å². The van der Waals surface area contributed by atoms with E-state index < -0.39 is 41.9 Å². The molecule has 1 atom stereocenters. The molecule has 25 heavy (non-hydrogen) atoms. The summed E-state index contributed by atoms with van der Waals surface area (Å²) in [6, 6.07) is 8.29. The van der Waals surface area contributed by atoms with Crippen LogP contribution in [0.3, 0.4) is 0 Å². The minimum absolute atomic E-state index is 0.297. The molecule has 0 bridgehead atoms. The normalized spacial score (nSPS) is 12.0. The largest absolute Gasteiger partial charge is 0.444 e. The standard InChI is InChI=1S/C17H23N3O5/c1-17(2,3)25-16(24)20-15(23)13(21)10-19-14(22)12(18)9-11-7-5-4-6-8-11/h4-8,12H,9-10,18H2,1-3H3,(H,19,22)(H,20,23,24)/t12-/m0/s1. The highest BCUT2D eigenvalue weighted by atomic mass is 16.6. The predicted octanol–water partition coefficient (Wildman–Crippen LogP) is 0.293. The fourth-order valence-electron chi connectivity index (χ4n) is 1.81. The number of ether oxygens (including phenoxy) is 1. The lowest BCUT2D eigenvalue weighted by molar-refractivity contribution is -0.137. The molecule has 0 saturated carbocycles. The van der Waals surface area contributed by atoms with E-state index in [1.165, 1.54) is 0 Å². The lowest BCUT2D eigenvalue weighted by Crippen LogP contribution is -2.47. The molecule has 0 fully saturated rings. The minimum atomic E-state index is -1.16. The van der Waals surface area contributed by atoms with E-state index in [2.05, 4.69) is 5.32 Å². The quantitative estimate of drug-likeness (QED) is 0.634. The number of hydrogen-bond donors (Lipinski definition) is 3. The summed E-state index contributed by atoms with van der Waals surface area (Å²) in [5.74, 6) is -2.71. The Hall–Kier alpha value is -2.74. The highest BCUT2D eigenvalue weighted by Crippen LogP contribution is 2.06. The van der Waals surface area contributed by atoms with E-state index >= 15 is 0 Å². The van der Waals surface area contributed by atoms with Crippen molar-refractivity contribution in [3.63, 3.8) is 0 Å². The molecule has 0 aliphatic rings. The molecule has 136 valence electrons. The number of hydrogen-bond acceptors (Lipinski definition) is 6. The number of rotatable bonds is 6. The van der Waals surface area contributed by atoms with Crippen LogP contribution >= 0.6 is 0 Å². The van der Waals surface area contributed by atoms with Crippen LogP contribution in [0.15, 0.2) is 30.3 Å². The van der Waals surface area contributed by atoms with Crippen LogP contribution in [0.5, 0.6) is 0 Å². The summed E-state index contributed by atoms with van der Waals surface area (Å²) in [4.78, 5) is 46.5. The second-order valence-electron chi connectivity index (χ2n) is 6.39. The van der Waals surface area contributed by atoms with Gasteiger partial charge in [0.05, 0.1) is 12.6 Å². The van der Waals surface area contributed by atoms with Gasteiger partial charge in [0.25, 0.3) is 5.91 Å². The Bertz CT molecular complexity index is 637. The molecule has 1 aromatic carbocycles. The maximum atomic E-state index is 11.9. The van der Waals surface area contributed by atoms with E-state index in [9.17, 15) is 19.2 Å². The lowest BCUT2D eigenvalue weighted by Gasteiger charge is -2.19. The number of alkyl carbamates (subject to hydrolysis) is 1. The van der Waals surface area contributed by atoms with Gasteiger partial charge in [0, 0.05) is 0 Å². The first-order valence-electron chi connectivity index (χ1n) is 7.73. The van der Waals surface area contributed by atoms with Gasteiger partial charge >= 0.3 is 6.09 Å². The maximum absolute atomic E-state index is 11.9. The van der Waals surface area contributed by atoms with Crippen LogP contribution in [0.4, 0.5) is 4.79 Å². The lowest BCUT2D eigenvalue weighted by atomic mass is 10.1. The fourth-order valence-corrected chi connectivity index (χ4v) is 1.81. The molecule has 4 N–H and O–H groups in total. The predicted molar refractivity (Wildman–Crippen MR) is 90.5 cm³/mol. The number of imide groups is 1. The third kappa shape index (κ3) is 8.07. The van der Waals surface area contributed by atoms with Gasteiger partial charge in [-0.2, -0.15) is 0 Å². The first-order chi connectivity index (χ1) is 11.6. The minimum Gasteiger partial charge on any atom is -0.444 e. The number of nitrogens with one attached hydrogen (secondary N) is 2. The van der Waals surface area contributed by atoms with E-state index in [4.69, 9.17) is 10.5 Å². The first kappa shape index (κ1) is 20.3. The maximum Gasteiger partial charge on any atom is 0.414 e. The van der Waals surface area contributed by atoms with E-state index in [0.717, 1.165) is 5.56 Å². The first-order valence-corrected chi connectivity index (χ1v) is 7.73. The number of ketones is 1. The Balaban J connectivity index is 2.40. The molecular formula is C17H23N3O5. The summed E-state index contributed by atoms with van der Waals surface area (Å²) in [7, 11) is 0. The monoisotopic (exact) mass is 349 g/mol. The average Bonchev–Trinajstić information content (AvgIpc) is 2.51. The second kappa shape index (κ2) is 8.93. The van der Waals surface area contributed by atoms with Crippen LogP contribution in [0.25, 0.3) is 0 Å². The summed E-state index contributed by atoms with van der Waals surface area (Å²) in [5, 5.41) is 4.08. The van der Waals surface area contributed by atoms with E-state index in [1.54, 1.807) is 26.1 Å². The molecule has 3 amide bonds. The van der Waals surface area contributed by atoms with Gasteiger partial charge in [-0.15, -0.1) is 0 Å². The third-order valence-corrected chi connectivity index (χ3v) is 2.93. The molecule has 8 nitrogen and oxygen atoms in total. The molecule has 1 rings (SSSR count). The van der Waals surface area contributed by atoms with Crippen LogP contribution in [0.2, 0.25) is 0 Å². The molecular weight excluding hydrogens is 326 g/mol. The Labute approximate surface area is 146 Å². The zero-order chi connectivity index (χ0) is 19.0. The number of carbonyl (C=O) groups excluding carboxylic acids is 4. The molecule has 8 heteroatoms. The van der Waals surface area contributed by atoms with Crippen LogP contribution in [-0.4, -0.2) is 41.9 Å². The molecule has 0 saturated heterocycles. The zero-order valence-corrected chi connectivity index (χ0v) is 14.5. The van der Waals surface area contributed by atoms with Gasteiger partial charge in [-0.05, 0) is 32.8 Å². The van der Waals surface area contributed by atoms with Crippen LogP contribution in [0, 0.1) is 0 Å². The van der Waals surface area contributed by atoms with Crippen molar-refractivity contribution in [3.05, 3.63) is 35.9 Å². The smallest absolute Gasteiger partial charge is 0.414 e. The molecule has 0 spiro atoms. The van der Waals surface area contributed by atoms with Gasteiger partial charge in [0.1, 0.15) is 5.60 Å². The van der Waals surface area contributed by atoms with Gasteiger partial charge in [-0.1, -0.05) is 30.3 Å². The fraction of sp³-hybridized carbons (Fsp3) is 0.412. The van der Waals surface area contributed by atoms with Crippen molar-refractivity contribution in [2.24, 2.45) is 5.73 Å². The second-order valence-corrected chi connectivity index (χ2v) is 6.39. The highest BCUT2D eigenvalue weighted by molar-refractivity contribution is 6.39. The summed E-state index contributed by atoms with van der Waals surface area (Å²) >= 11 is 0. The van der Waals surface area contributed by atoms with Gasteiger partial charge in [0.15, 0.2) is 0 Å². The summed E-state index contributed by atoms with van der Waals surface area (Å²) in [5.41, 5.74) is 5.84. The molecule has 1 aromatic rings. The summed E-state index contributed by atoms with van der Waals surface area (Å²) < 4.78 is 4.86. The Morgan fingerprint density at radius 2 is 1.72 bits per heavy atom. The molecule has 0 aromatic heterocycles. The average molecular weight is 349 g/mol. The van der Waals surface area contributed by atoms with Crippen LogP contribution < -0.4 is 16.4 Å². The molecule has 0 heterocycles. The Morgan fingerprint density at radius 1 is 1.12 bits per heavy atom. The number of amides is 3. The number of Topliss-reactive ketones (excluding diaryl/α,β-unsaturated/α-hetero) is 1. The zero-order valence-electron chi connectivity index (χ0n) is 14.5. The van der Waals surface area contributed by atoms with Gasteiger partial charge in [0.2, 0.25) is 11.7 Å². The Kier molecular flexibility index (Phi) is 7.25. The summed E-state index contributed by atoms with van der Waals surface area (Å²) in [6.07, 6.45) is -0.733. The molecule has 0 radical (unpaired) electrons. The van der Waals surface area contributed by atoms with Gasteiger partial charge in [-0.3, -0.25) is 19.7 Å². The summed E-state index contributed by atoms with van der Waals surface area (Å²) in [6.45, 7) is 4.30. The van der Waals surface area contributed by atoms with E-state index in [1.807, 2.05) is 30.3 Å². The SMILES string of the molecule is CC(C)(C)OC(=O)NC(=O)C(=O)CNC(=O)[C@@H](N)Cc1ccccc1. The highest BCUT2D eigenvalue weighted by Gasteiger charge is 2.23. The van der Waals surface area contributed by atoms with E-state index in [0.29, 0.717) is 6.42 Å². The Morgan fingerprint density at radius 3 is 2.28 bits per heavy atom. The van der Waals surface area contributed by atoms with Crippen molar-refractivity contribution in [2.45, 2.75) is 38.8 Å². The van der Waals surface area contributed by atoms with E-state index in [-0.39, 0.29) is 0 Å². The van der Waals surface area contributed by atoms with Crippen molar-refractivity contribution in [1.29, 1.82) is 0 Å². The van der Waals surface area contributed by atoms with Gasteiger partial charge < -0.3 is 15.8 Å². The van der Waals surface area contributed by atoms with Crippen molar-refractivity contribution in [1.82, 2.24) is 10.6 Å². The van der Waals surface area contributed by atoms with Crippen molar-refractivity contribution < 1.29 is 23.9 Å². The van der Waals surface area contributed by atoms with Gasteiger partial charge in [-0.25, -0.2) is 4.79 Å². The van der Waals surface area contributed by atoms with Crippen LogP contribution in [0.1, 0.15) is 26.3 Å². The van der Waals surface area contributed by atoms with Crippen molar-refractivity contribution in [2.75, 3.05) is 6.54 Å². The number of carbonyl (C=O) groups is 4. The number of benzene rings is 1. The molecule has 0 aliphatic heterocycles. The number of nitrogens with two attached hydrogens (primary N) is 1. The van der Waals surface area contributed by atoms with Crippen molar-refractivity contribution in [3.8, 4) is 0 Å². The molecule has 0 aliphatic carbocycles. The topological polar surface area (TPSA) is 128 Å². The molecule has 0 unspecified atom stereocenters. The van der Waals surface area contributed by atoms with Crippen molar-refractivity contribution >= 4 is 23.7 Å².